The van der Waals surface area contributed by atoms with Gasteiger partial charge in [-0.15, -0.1) is 0 Å². The highest BCUT2D eigenvalue weighted by atomic mass is 35.5. The van der Waals surface area contributed by atoms with E-state index < -0.39 is 12.2 Å². The van der Waals surface area contributed by atoms with Gasteiger partial charge in [0.1, 0.15) is 11.1 Å². The van der Waals surface area contributed by atoms with Gasteiger partial charge in [0, 0.05) is 6.07 Å². The Bertz CT molecular complexity index is 456. The zero-order chi connectivity index (χ0) is 13.6. The third-order valence-electron chi connectivity index (χ3n) is 1.25. The van der Waals surface area contributed by atoms with E-state index >= 15 is 0 Å². The zero-order valence-corrected chi connectivity index (χ0v) is 8.61. The lowest BCUT2D eigenvalue weighted by molar-refractivity contribution is -0.384. The highest BCUT2D eigenvalue weighted by Gasteiger charge is 2.20. The Morgan fingerprint density at radius 3 is 2.18 bits per heavy atom. The molecule has 0 saturated heterocycles. The first-order valence-corrected chi connectivity index (χ1v) is 4.19. The van der Waals surface area contributed by atoms with Crippen LogP contribution in [-0.2, 0) is 0 Å². The van der Waals surface area contributed by atoms with E-state index in [0.717, 1.165) is 6.07 Å². The molecule has 0 aliphatic heterocycles. The molecule has 0 aliphatic carbocycles. The zero-order valence-electron chi connectivity index (χ0n) is 7.86. The van der Waals surface area contributed by atoms with Gasteiger partial charge in [0.25, 0.3) is 5.69 Å². The Labute approximate surface area is 96.9 Å². The molecule has 0 radical (unpaired) electrons. The molecule has 0 heterocycles. The second-order valence-corrected chi connectivity index (χ2v) is 2.89. The van der Waals surface area contributed by atoms with Crippen LogP contribution in [0.25, 0.3) is 4.98 Å². The number of benzene rings is 1. The fourth-order valence-corrected chi connectivity index (χ4v) is 0.847. The van der Waals surface area contributed by atoms with E-state index in [0.29, 0.717) is 0 Å². The summed E-state index contributed by atoms with van der Waals surface area (Å²) in [6.45, 7) is 0. The second-order valence-electron chi connectivity index (χ2n) is 2.49. The Hall–Kier alpha value is -1.89. The quantitative estimate of drug-likeness (QED) is 0.254. The van der Waals surface area contributed by atoms with Crippen LogP contribution in [0.2, 0.25) is 5.02 Å². The number of nitro groups is 1. The number of non-ortho nitro benzene ring substituents is 1. The molecule has 1 rings (SSSR count). The highest BCUT2D eigenvalue weighted by Crippen LogP contribution is 2.28. The van der Waals surface area contributed by atoms with E-state index in [1.807, 2.05) is 0 Å². The van der Waals surface area contributed by atoms with Crippen LogP contribution in [0.4, 0.5) is 28.6 Å². The molecule has 0 aliphatic rings. The Morgan fingerprint density at radius 1 is 1.35 bits per heavy atom. The molecule has 17 heavy (non-hydrogen) atoms. The number of nitrogens with zero attached hydrogens (tertiary/aromatic N) is 3. The number of halogens is 5. The molecule has 92 valence electrons. The molecular weight excluding hydrogens is 268 g/mol. The minimum atomic E-state index is -6.00. The molecule has 0 fully saturated rings. The summed E-state index contributed by atoms with van der Waals surface area (Å²) in [5.41, 5.74) is -0.168. The van der Waals surface area contributed by atoms with E-state index in [1.54, 1.807) is 0 Å². The molecule has 0 aromatic heterocycles. The Balaban J connectivity index is 0.000000437. The van der Waals surface area contributed by atoms with Crippen molar-refractivity contribution in [2.45, 2.75) is 0 Å². The minimum Gasteiger partial charge on any atom is -0.418 e. The first-order chi connectivity index (χ1) is 7.65. The van der Waals surface area contributed by atoms with Gasteiger partial charge in [-0.3, -0.25) is 10.1 Å². The van der Waals surface area contributed by atoms with Gasteiger partial charge in [-0.05, 0) is 6.07 Å². The summed E-state index contributed by atoms with van der Waals surface area (Å²) in [6, 6.07) is 3.62. The molecule has 1 aromatic rings. The fourth-order valence-electron chi connectivity index (χ4n) is 0.691. The van der Waals surface area contributed by atoms with E-state index in [-0.39, 0.29) is 16.4 Å². The number of diazo groups is 1. The first kappa shape index (κ1) is 15.1. The van der Waals surface area contributed by atoms with Gasteiger partial charge in [0.15, 0.2) is 4.98 Å². The normalized spacial score (nSPS) is 9.88. The van der Waals surface area contributed by atoms with Gasteiger partial charge in [0.2, 0.25) is 5.39 Å². The monoisotopic (exact) mass is 271 g/mol. The summed E-state index contributed by atoms with van der Waals surface area (Å²) in [6.07, 6.45) is 0. The Morgan fingerprint density at radius 2 is 1.82 bits per heavy atom. The molecule has 5 nitrogen and oxygen atoms in total. The lowest BCUT2D eigenvalue weighted by Crippen LogP contribution is -2.02. The standard InChI is InChI=1S/C6H3ClN3O2.BF4/c7-5-2-1-4(10(11)12)3-6(5)9-8;2-1(3,4)5/h1-3H;/q+1;-1. The van der Waals surface area contributed by atoms with Crippen LogP contribution in [0.3, 0.4) is 0 Å². The number of hydrogen-bond acceptors (Lipinski definition) is 3. The lowest BCUT2D eigenvalue weighted by atomic mass is 10.3. The largest absolute Gasteiger partial charge is 0.673 e. The summed E-state index contributed by atoms with van der Waals surface area (Å²) in [7, 11) is -6.00. The van der Waals surface area contributed by atoms with Crippen LogP contribution in [-0.4, -0.2) is 12.2 Å². The highest BCUT2D eigenvalue weighted by molar-refractivity contribution is 6.50. The molecule has 0 spiro atoms. The van der Waals surface area contributed by atoms with Crippen molar-refractivity contribution in [3.63, 3.8) is 0 Å². The predicted molar refractivity (Wildman–Crippen MR) is 53.0 cm³/mol. The van der Waals surface area contributed by atoms with Crippen molar-refractivity contribution < 1.29 is 22.2 Å². The van der Waals surface area contributed by atoms with Crippen molar-refractivity contribution in [2.24, 2.45) is 0 Å². The molecule has 0 N–H and O–H groups in total. The van der Waals surface area contributed by atoms with E-state index in [9.17, 15) is 27.4 Å². The third kappa shape index (κ3) is 7.07. The number of nitro benzene ring substituents is 1. The maximum Gasteiger partial charge on any atom is 0.673 e. The average molecular weight is 271 g/mol. The topological polar surface area (TPSA) is 71.3 Å². The van der Waals surface area contributed by atoms with Gasteiger partial charge in [-0.25, -0.2) is 0 Å². The molecule has 0 atom stereocenters. The van der Waals surface area contributed by atoms with E-state index in [4.69, 9.17) is 17.0 Å². The maximum atomic E-state index is 10.2. The van der Waals surface area contributed by atoms with Crippen molar-refractivity contribution >= 4 is 30.2 Å². The maximum absolute atomic E-state index is 10.2. The molecule has 0 amide bonds. The predicted octanol–water partition coefficient (Wildman–Crippen LogP) is 4.03. The number of rotatable bonds is 1. The van der Waals surface area contributed by atoms with Crippen LogP contribution in [0.5, 0.6) is 0 Å². The smallest absolute Gasteiger partial charge is 0.418 e. The number of hydrogen-bond donors (Lipinski definition) is 0. The van der Waals surface area contributed by atoms with Crippen molar-refractivity contribution in [3.8, 4) is 0 Å². The van der Waals surface area contributed by atoms with Crippen LogP contribution in [0.15, 0.2) is 18.2 Å². The summed E-state index contributed by atoms with van der Waals surface area (Å²) in [5, 5.41) is 18.7. The Kier molecular flexibility index (Phi) is 5.33. The first-order valence-electron chi connectivity index (χ1n) is 3.81. The molecule has 0 bridgehead atoms. The van der Waals surface area contributed by atoms with Crippen LogP contribution < -0.4 is 0 Å². The van der Waals surface area contributed by atoms with Gasteiger partial charge < -0.3 is 17.3 Å². The van der Waals surface area contributed by atoms with Gasteiger partial charge >= 0.3 is 12.9 Å². The van der Waals surface area contributed by atoms with E-state index in [1.165, 1.54) is 12.1 Å². The van der Waals surface area contributed by atoms with Gasteiger partial charge in [-0.2, -0.15) is 0 Å². The van der Waals surface area contributed by atoms with Crippen molar-refractivity contribution in [1.82, 2.24) is 0 Å². The molecule has 1 aromatic carbocycles. The van der Waals surface area contributed by atoms with Gasteiger partial charge in [0.05, 0.1) is 4.92 Å². The SMILES string of the molecule is F[B-](F)(F)F.N#[N+]c1cc([N+](=O)[O-])ccc1Cl. The van der Waals surface area contributed by atoms with Crippen molar-refractivity contribution in [3.05, 3.63) is 38.3 Å². The fraction of sp³-hybridized carbons (Fsp3) is 0. The lowest BCUT2D eigenvalue weighted by Gasteiger charge is -1.94. The summed E-state index contributed by atoms with van der Waals surface area (Å²) < 4.78 is 39.0. The summed E-state index contributed by atoms with van der Waals surface area (Å²) >= 11 is 5.52. The molecule has 0 saturated carbocycles. The third-order valence-corrected chi connectivity index (χ3v) is 1.57. The summed E-state index contributed by atoms with van der Waals surface area (Å²) in [5.74, 6) is 0. The van der Waals surface area contributed by atoms with Crippen LogP contribution in [0.1, 0.15) is 0 Å². The molecule has 11 heteroatoms. The van der Waals surface area contributed by atoms with E-state index in [2.05, 4.69) is 4.98 Å². The second kappa shape index (κ2) is 6.00. The summed E-state index contributed by atoms with van der Waals surface area (Å²) in [4.78, 5) is 12.4. The molecule has 0 unspecified atom stereocenters. The van der Waals surface area contributed by atoms with Gasteiger partial charge in [-0.1, -0.05) is 11.6 Å². The molecular formula is C6H3BClF4N3O2. The van der Waals surface area contributed by atoms with Crippen molar-refractivity contribution in [1.29, 1.82) is 5.39 Å². The minimum absolute atomic E-state index is 0.00846. The van der Waals surface area contributed by atoms with Crippen LogP contribution >= 0.6 is 11.6 Å². The average Bonchev–Trinajstić information content (AvgIpc) is 2.15. The van der Waals surface area contributed by atoms with Crippen molar-refractivity contribution in [2.75, 3.05) is 0 Å². The van der Waals surface area contributed by atoms with Crippen LogP contribution in [0, 0.1) is 15.5 Å².